The third kappa shape index (κ3) is 5.43. The van der Waals surface area contributed by atoms with Crippen molar-refractivity contribution in [2.45, 2.75) is 30.9 Å². The molecule has 0 saturated carbocycles. The van der Waals surface area contributed by atoms with Gasteiger partial charge in [-0.2, -0.15) is 0 Å². The Morgan fingerprint density at radius 2 is 2.00 bits per heavy atom. The number of thiophene rings is 1. The SMILES string of the molecule is Cc1ccc(C(C)C)c(OCC(=O)NNS(=O)(=O)c2ccc(Cl)s2)c1. The fourth-order valence-electron chi connectivity index (χ4n) is 2.04. The van der Waals surface area contributed by atoms with Crippen LogP contribution in [0.3, 0.4) is 0 Å². The number of nitrogens with one attached hydrogen (secondary N) is 2. The molecule has 1 heterocycles. The van der Waals surface area contributed by atoms with Gasteiger partial charge in [-0.3, -0.25) is 10.2 Å². The van der Waals surface area contributed by atoms with Crippen molar-refractivity contribution in [3.05, 3.63) is 45.8 Å². The van der Waals surface area contributed by atoms with Gasteiger partial charge in [0.15, 0.2) is 6.61 Å². The molecule has 136 valence electrons. The molecule has 6 nitrogen and oxygen atoms in total. The summed E-state index contributed by atoms with van der Waals surface area (Å²) in [6.07, 6.45) is 0. The molecule has 0 aliphatic rings. The van der Waals surface area contributed by atoms with E-state index < -0.39 is 15.9 Å². The Kier molecular flexibility index (Phi) is 6.45. The van der Waals surface area contributed by atoms with Gasteiger partial charge in [0.2, 0.25) is 0 Å². The van der Waals surface area contributed by atoms with E-state index in [0.717, 1.165) is 22.5 Å². The van der Waals surface area contributed by atoms with Crippen LogP contribution in [0.1, 0.15) is 30.9 Å². The van der Waals surface area contributed by atoms with Crippen LogP contribution in [-0.2, 0) is 14.8 Å². The van der Waals surface area contributed by atoms with E-state index in [9.17, 15) is 13.2 Å². The van der Waals surface area contributed by atoms with Crippen LogP contribution in [0.4, 0.5) is 0 Å². The van der Waals surface area contributed by atoms with Crippen molar-refractivity contribution in [2.75, 3.05) is 6.61 Å². The summed E-state index contributed by atoms with van der Waals surface area (Å²) in [7, 11) is -3.85. The van der Waals surface area contributed by atoms with Gasteiger partial charge in [0.1, 0.15) is 9.96 Å². The maximum absolute atomic E-state index is 12.0. The number of hydrogen-bond acceptors (Lipinski definition) is 5. The number of rotatable bonds is 7. The molecule has 0 unspecified atom stereocenters. The molecule has 0 fully saturated rings. The Balaban J connectivity index is 1.94. The van der Waals surface area contributed by atoms with Crippen molar-refractivity contribution in [3.63, 3.8) is 0 Å². The molecule has 2 N–H and O–H groups in total. The molecule has 1 aromatic heterocycles. The lowest BCUT2D eigenvalue weighted by Gasteiger charge is -2.15. The molecular formula is C16H19ClN2O4S2. The van der Waals surface area contributed by atoms with E-state index in [4.69, 9.17) is 16.3 Å². The summed E-state index contributed by atoms with van der Waals surface area (Å²) < 4.78 is 29.9. The van der Waals surface area contributed by atoms with Crippen molar-refractivity contribution in [2.24, 2.45) is 0 Å². The number of amides is 1. The van der Waals surface area contributed by atoms with E-state index in [2.05, 4.69) is 5.43 Å². The van der Waals surface area contributed by atoms with Gasteiger partial charge < -0.3 is 4.74 Å². The Morgan fingerprint density at radius 3 is 2.60 bits per heavy atom. The Morgan fingerprint density at radius 1 is 1.28 bits per heavy atom. The van der Waals surface area contributed by atoms with E-state index in [1.165, 1.54) is 12.1 Å². The maximum atomic E-state index is 12.0. The van der Waals surface area contributed by atoms with Gasteiger partial charge in [-0.15, -0.1) is 16.2 Å². The first kappa shape index (κ1) is 19.7. The van der Waals surface area contributed by atoms with E-state index in [1.807, 2.05) is 43.8 Å². The molecule has 0 radical (unpaired) electrons. The number of carbonyl (C=O) groups is 1. The van der Waals surface area contributed by atoms with Crippen LogP contribution in [0.25, 0.3) is 0 Å². The first-order chi connectivity index (χ1) is 11.7. The fourth-order valence-corrected chi connectivity index (χ4v) is 4.38. The predicted molar refractivity (Wildman–Crippen MR) is 98.6 cm³/mol. The second kappa shape index (κ2) is 8.18. The highest BCUT2D eigenvalue weighted by atomic mass is 35.5. The van der Waals surface area contributed by atoms with E-state index in [1.54, 1.807) is 0 Å². The summed E-state index contributed by atoms with van der Waals surface area (Å²) in [6, 6.07) is 8.61. The number of hydrazine groups is 1. The minimum atomic E-state index is -3.85. The number of benzene rings is 1. The normalized spacial score (nSPS) is 11.6. The van der Waals surface area contributed by atoms with Gasteiger partial charge in [0.25, 0.3) is 15.9 Å². The van der Waals surface area contributed by atoms with Gasteiger partial charge in [0, 0.05) is 0 Å². The van der Waals surface area contributed by atoms with Crippen LogP contribution in [-0.4, -0.2) is 20.9 Å². The summed E-state index contributed by atoms with van der Waals surface area (Å²) in [5, 5.41) is 0. The molecule has 0 saturated heterocycles. The number of hydrogen-bond donors (Lipinski definition) is 2. The standard InChI is InChI=1S/C16H19ClN2O4S2/c1-10(2)12-5-4-11(3)8-13(12)23-9-15(20)18-19-25(21,22)16-7-6-14(17)24-16/h4-8,10,19H,9H2,1-3H3,(H,18,20). The van der Waals surface area contributed by atoms with Gasteiger partial charge in [-0.25, -0.2) is 8.42 Å². The summed E-state index contributed by atoms with van der Waals surface area (Å²) in [4.78, 5) is 13.9. The molecular weight excluding hydrogens is 384 g/mol. The van der Waals surface area contributed by atoms with Crippen LogP contribution >= 0.6 is 22.9 Å². The molecule has 0 bridgehead atoms. The Bertz CT molecular complexity index is 863. The predicted octanol–water partition coefficient (Wildman–Crippen LogP) is 3.22. The second-order valence-corrected chi connectivity index (χ2v) is 9.32. The van der Waals surface area contributed by atoms with Crippen LogP contribution < -0.4 is 15.0 Å². The zero-order valence-electron chi connectivity index (χ0n) is 14.0. The summed E-state index contributed by atoms with van der Waals surface area (Å²) in [5.74, 6) is 0.237. The van der Waals surface area contributed by atoms with Gasteiger partial charge in [-0.05, 0) is 42.2 Å². The Labute approximate surface area is 156 Å². The highest BCUT2D eigenvalue weighted by molar-refractivity contribution is 7.91. The van der Waals surface area contributed by atoms with Crippen LogP contribution in [0.2, 0.25) is 4.34 Å². The fraction of sp³-hybridized carbons (Fsp3) is 0.312. The third-order valence-electron chi connectivity index (χ3n) is 3.29. The summed E-state index contributed by atoms with van der Waals surface area (Å²) in [6.45, 7) is 5.67. The molecule has 1 amide bonds. The van der Waals surface area contributed by atoms with E-state index >= 15 is 0 Å². The van der Waals surface area contributed by atoms with Crippen LogP contribution in [0, 0.1) is 6.92 Å². The molecule has 1 aromatic carbocycles. The number of ether oxygens (including phenoxy) is 1. The largest absolute Gasteiger partial charge is 0.483 e. The molecule has 2 aromatic rings. The lowest BCUT2D eigenvalue weighted by atomic mass is 10.0. The molecule has 0 atom stereocenters. The Hall–Kier alpha value is -1.61. The van der Waals surface area contributed by atoms with Gasteiger partial charge >= 0.3 is 0 Å². The quantitative estimate of drug-likeness (QED) is 0.696. The smallest absolute Gasteiger partial charge is 0.272 e. The van der Waals surface area contributed by atoms with Crippen molar-refractivity contribution >= 4 is 38.9 Å². The minimum absolute atomic E-state index is 0.0134. The van der Waals surface area contributed by atoms with Crippen LogP contribution in [0.5, 0.6) is 5.75 Å². The molecule has 0 spiro atoms. The lowest BCUT2D eigenvalue weighted by molar-refractivity contribution is -0.123. The molecule has 0 aliphatic heterocycles. The minimum Gasteiger partial charge on any atom is -0.483 e. The molecule has 0 aliphatic carbocycles. The molecule has 25 heavy (non-hydrogen) atoms. The van der Waals surface area contributed by atoms with E-state index in [0.29, 0.717) is 10.1 Å². The van der Waals surface area contributed by atoms with Crippen molar-refractivity contribution in [1.29, 1.82) is 0 Å². The molecule has 2 rings (SSSR count). The maximum Gasteiger partial charge on any atom is 0.272 e. The van der Waals surface area contributed by atoms with Crippen molar-refractivity contribution in [1.82, 2.24) is 10.3 Å². The number of carbonyl (C=O) groups excluding carboxylic acids is 1. The second-order valence-electron chi connectivity index (χ2n) is 5.70. The zero-order valence-corrected chi connectivity index (χ0v) is 16.4. The summed E-state index contributed by atoms with van der Waals surface area (Å²) >= 11 is 6.61. The highest BCUT2D eigenvalue weighted by Gasteiger charge is 2.18. The average molecular weight is 403 g/mol. The first-order valence-electron chi connectivity index (χ1n) is 7.48. The number of halogens is 1. The first-order valence-corrected chi connectivity index (χ1v) is 10.2. The number of aryl methyl sites for hydroxylation is 1. The van der Waals surface area contributed by atoms with Crippen molar-refractivity contribution < 1.29 is 17.9 Å². The third-order valence-corrected chi connectivity index (χ3v) is 6.26. The topological polar surface area (TPSA) is 84.5 Å². The molecule has 9 heteroatoms. The average Bonchev–Trinajstić information content (AvgIpc) is 2.98. The van der Waals surface area contributed by atoms with Gasteiger partial charge in [-0.1, -0.05) is 37.6 Å². The summed E-state index contributed by atoms with van der Waals surface area (Å²) in [5.41, 5.74) is 4.11. The lowest BCUT2D eigenvalue weighted by Crippen LogP contribution is -2.43. The van der Waals surface area contributed by atoms with Crippen molar-refractivity contribution in [3.8, 4) is 5.75 Å². The zero-order chi connectivity index (χ0) is 18.6. The monoisotopic (exact) mass is 402 g/mol. The van der Waals surface area contributed by atoms with Crippen LogP contribution in [0.15, 0.2) is 34.5 Å². The van der Waals surface area contributed by atoms with Gasteiger partial charge in [0.05, 0.1) is 4.34 Å². The van der Waals surface area contributed by atoms with E-state index in [-0.39, 0.29) is 16.7 Å². The highest BCUT2D eigenvalue weighted by Crippen LogP contribution is 2.27. The number of sulfonamides is 1.